The molecule has 1 aromatic carbocycles. The lowest BCUT2D eigenvalue weighted by Crippen LogP contribution is -2.40. The lowest BCUT2D eigenvalue weighted by atomic mass is 10.1. The van der Waals surface area contributed by atoms with E-state index in [2.05, 4.69) is 16.7 Å². The number of nitrogens with zero attached hydrogens (tertiary/aromatic N) is 2. The van der Waals surface area contributed by atoms with Crippen molar-refractivity contribution in [3.63, 3.8) is 0 Å². The van der Waals surface area contributed by atoms with Gasteiger partial charge in [-0.3, -0.25) is 4.79 Å². The highest BCUT2D eigenvalue weighted by Crippen LogP contribution is 2.37. The van der Waals surface area contributed by atoms with E-state index >= 15 is 0 Å². The standard InChI is InChI=1S/C23H28N4O4S2/c1-16(22(28)26-23-20(15-24)19-8-3-2-4-9-21(19)32-23)25-17-6-5-7-18(14-17)33(29,30)27-10-12-31-13-11-27/h5-7,14,16,25H,2-4,8-13H2,1H3,(H,26,28)/t16-/m1/s1. The Morgan fingerprint density at radius 2 is 1.97 bits per heavy atom. The molecule has 176 valence electrons. The number of rotatable bonds is 6. The number of morpholine rings is 1. The summed E-state index contributed by atoms with van der Waals surface area (Å²) < 4.78 is 32.5. The fraction of sp³-hybridized carbons (Fsp3) is 0.478. The van der Waals surface area contributed by atoms with Crippen molar-refractivity contribution >= 4 is 38.0 Å². The van der Waals surface area contributed by atoms with Crippen LogP contribution in [0.1, 0.15) is 42.2 Å². The molecule has 0 radical (unpaired) electrons. The molecule has 10 heteroatoms. The van der Waals surface area contributed by atoms with Gasteiger partial charge in [-0.1, -0.05) is 12.5 Å². The fourth-order valence-corrected chi connectivity index (χ4v) is 6.86. The number of hydrogen-bond acceptors (Lipinski definition) is 7. The molecule has 0 saturated carbocycles. The van der Waals surface area contributed by atoms with Crippen molar-refractivity contribution in [1.82, 2.24) is 4.31 Å². The molecule has 2 aromatic rings. The number of benzene rings is 1. The molecule has 0 bridgehead atoms. The first-order valence-electron chi connectivity index (χ1n) is 11.2. The maximum absolute atomic E-state index is 12.9. The number of hydrogen-bond donors (Lipinski definition) is 2. The van der Waals surface area contributed by atoms with Gasteiger partial charge in [0.15, 0.2) is 0 Å². The van der Waals surface area contributed by atoms with Crippen molar-refractivity contribution in [1.29, 1.82) is 5.26 Å². The Morgan fingerprint density at radius 3 is 2.73 bits per heavy atom. The monoisotopic (exact) mass is 488 g/mol. The van der Waals surface area contributed by atoms with Crippen molar-refractivity contribution in [3.05, 3.63) is 40.3 Å². The van der Waals surface area contributed by atoms with Gasteiger partial charge in [0.05, 0.1) is 23.7 Å². The lowest BCUT2D eigenvalue weighted by molar-refractivity contribution is -0.116. The molecule has 8 nitrogen and oxygen atoms in total. The van der Waals surface area contributed by atoms with Gasteiger partial charge in [0, 0.05) is 23.7 Å². The van der Waals surface area contributed by atoms with E-state index in [0.717, 1.165) is 37.7 Å². The van der Waals surface area contributed by atoms with E-state index in [-0.39, 0.29) is 10.8 Å². The van der Waals surface area contributed by atoms with Gasteiger partial charge in [0.1, 0.15) is 17.1 Å². The minimum absolute atomic E-state index is 0.177. The van der Waals surface area contributed by atoms with Crippen LogP contribution in [-0.4, -0.2) is 51.0 Å². The topological polar surface area (TPSA) is 112 Å². The molecule has 0 spiro atoms. The van der Waals surface area contributed by atoms with E-state index in [4.69, 9.17) is 4.74 Å². The number of sulfonamides is 1. The Morgan fingerprint density at radius 1 is 1.21 bits per heavy atom. The highest BCUT2D eigenvalue weighted by Gasteiger charge is 2.27. The number of carbonyl (C=O) groups excluding carboxylic acids is 1. The normalized spacial score (nSPS) is 17.9. The van der Waals surface area contributed by atoms with Crippen LogP contribution in [0.3, 0.4) is 0 Å². The van der Waals surface area contributed by atoms with E-state index in [1.807, 2.05) is 0 Å². The molecule has 1 fully saturated rings. The van der Waals surface area contributed by atoms with Crippen LogP contribution in [0.15, 0.2) is 29.2 Å². The Kier molecular flexibility index (Phi) is 7.34. The van der Waals surface area contributed by atoms with Crippen LogP contribution < -0.4 is 10.6 Å². The first kappa shape index (κ1) is 23.7. The molecule has 1 atom stereocenters. The summed E-state index contributed by atoms with van der Waals surface area (Å²) in [6.45, 7) is 3.12. The third kappa shape index (κ3) is 5.22. The summed E-state index contributed by atoms with van der Waals surface area (Å²) in [7, 11) is -3.62. The zero-order valence-electron chi connectivity index (χ0n) is 18.6. The molecule has 4 rings (SSSR count). The van der Waals surface area contributed by atoms with Crippen LogP contribution in [0.5, 0.6) is 0 Å². The molecule has 1 amide bonds. The van der Waals surface area contributed by atoms with Crippen LogP contribution >= 0.6 is 11.3 Å². The van der Waals surface area contributed by atoms with Gasteiger partial charge in [-0.25, -0.2) is 8.42 Å². The van der Waals surface area contributed by atoms with Gasteiger partial charge in [-0.2, -0.15) is 9.57 Å². The number of nitriles is 1. The first-order chi connectivity index (χ1) is 15.9. The van der Waals surface area contributed by atoms with Crippen molar-refractivity contribution in [2.45, 2.75) is 50.0 Å². The largest absolute Gasteiger partial charge is 0.379 e. The van der Waals surface area contributed by atoms with Crippen LogP contribution in [-0.2, 0) is 32.4 Å². The van der Waals surface area contributed by atoms with Gasteiger partial charge in [0.25, 0.3) is 0 Å². The zero-order chi connectivity index (χ0) is 23.4. The maximum Gasteiger partial charge on any atom is 0.247 e. The average Bonchev–Trinajstić information content (AvgIpc) is 2.98. The highest BCUT2D eigenvalue weighted by atomic mass is 32.2. The number of fused-ring (bicyclic) bond motifs is 1. The van der Waals surface area contributed by atoms with Gasteiger partial charge in [-0.05, 0) is 56.4 Å². The second-order valence-electron chi connectivity index (χ2n) is 8.28. The molecule has 2 heterocycles. The van der Waals surface area contributed by atoms with Crippen LogP contribution in [0.4, 0.5) is 10.7 Å². The summed E-state index contributed by atoms with van der Waals surface area (Å²) in [5, 5.41) is 16.3. The Labute approximate surface area is 198 Å². The van der Waals surface area contributed by atoms with E-state index in [1.54, 1.807) is 31.2 Å². The Bertz CT molecular complexity index is 1160. The lowest BCUT2D eigenvalue weighted by Gasteiger charge is -2.26. The minimum atomic E-state index is -3.62. The summed E-state index contributed by atoms with van der Waals surface area (Å²) in [4.78, 5) is 14.3. The predicted octanol–water partition coefficient (Wildman–Crippen LogP) is 3.35. The van der Waals surface area contributed by atoms with E-state index in [1.165, 1.54) is 20.5 Å². The quantitative estimate of drug-likeness (QED) is 0.603. The number of anilines is 2. The fourth-order valence-electron chi connectivity index (χ4n) is 4.17. The summed E-state index contributed by atoms with van der Waals surface area (Å²) in [5.41, 5.74) is 2.20. The highest BCUT2D eigenvalue weighted by molar-refractivity contribution is 7.89. The second kappa shape index (κ2) is 10.2. The smallest absolute Gasteiger partial charge is 0.247 e. The molecule has 2 aliphatic rings. The number of amides is 1. The average molecular weight is 489 g/mol. The van der Waals surface area contributed by atoms with Gasteiger partial charge < -0.3 is 15.4 Å². The Hall–Kier alpha value is -2.45. The van der Waals surface area contributed by atoms with E-state index in [0.29, 0.717) is 42.6 Å². The molecule has 2 N–H and O–H groups in total. The molecule has 33 heavy (non-hydrogen) atoms. The third-order valence-electron chi connectivity index (χ3n) is 5.99. The number of carbonyl (C=O) groups is 1. The third-order valence-corrected chi connectivity index (χ3v) is 9.09. The summed E-state index contributed by atoms with van der Waals surface area (Å²) >= 11 is 1.50. The molecule has 1 aromatic heterocycles. The van der Waals surface area contributed by atoms with Crippen LogP contribution in [0, 0.1) is 11.3 Å². The number of thiophene rings is 1. The molecule has 1 aliphatic carbocycles. The molecule has 1 aliphatic heterocycles. The van der Waals surface area contributed by atoms with Crippen molar-refractivity contribution in [2.24, 2.45) is 0 Å². The maximum atomic E-state index is 12.9. The molecular formula is C23H28N4O4S2. The first-order valence-corrected chi connectivity index (χ1v) is 13.5. The molecule has 1 saturated heterocycles. The van der Waals surface area contributed by atoms with Gasteiger partial charge in [-0.15, -0.1) is 11.3 Å². The summed E-state index contributed by atoms with van der Waals surface area (Å²) in [5.74, 6) is -0.274. The van der Waals surface area contributed by atoms with Crippen LogP contribution in [0.2, 0.25) is 0 Å². The number of nitrogens with one attached hydrogen (secondary N) is 2. The van der Waals surface area contributed by atoms with Gasteiger partial charge >= 0.3 is 0 Å². The summed E-state index contributed by atoms with van der Waals surface area (Å²) in [6, 6.07) is 8.14. The summed E-state index contributed by atoms with van der Waals surface area (Å²) in [6.07, 6.45) is 5.15. The molecule has 0 unspecified atom stereocenters. The molecular weight excluding hydrogens is 460 g/mol. The second-order valence-corrected chi connectivity index (χ2v) is 11.3. The van der Waals surface area contributed by atoms with Gasteiger partial charge in [0.2, 0.25) is 15.9 Å². The van der Waals surface area contributed by atoms with Crippen molar-refractivity contribution < 1.29 is 17.9 Å². The Balaban J connectivity index is 1.46. The zero-order valence-corrected chi connectivity index (χ0v) is 20.2. The number of ether oxygens (including phenoxy) is 1. The van der Waals surface area contributed by atoms with E-state index in [9.17, 15) is 18.5 Å². The van der Waals surface area contributed by atoms with Crippen LogP contribution in [0.25, 0.3) is 0 Å². The van der Waals surface area contributed by atoms with Crippen molar-refractivity contribution in [3.8, 4) is 6.07 Å². The van der Waals surface area contributed by atoms with Crippen molar-refractivity contribution in [2.75, 3.05) is 36.9 Å². The predicted molar refractivity (Wildman–Crippen MR) is 128 cm³/mol. The minimum Gasteiger partial charge on any atom is -0.379 e. The van der Waals surface area contributed by atoms with E-state index < -0.39 is 16.1 Å². The SMILES string of the molecule is C[C@@H](Nc1cccc(S(=O)(=O)N2CCOCC2)c1)C(=O)Nc1sc2c(c1C#N)CCCCC2. The number of aryl methyl sites for hydroxylation is 1.